The van der Waals surface area contributed by atoms with Crippen LogP contribution in [0.3, 0.4) is 0 Å². The summed E-state index contributed by atoms with van der Waals surface area (Å²) < 4.78 is 0. The predicted octanol–water partition coefficient (Wildman–Crippen LogP) is 3.47. The van der Waals surface area contributed by atoms with E-state index in [-0.39, 0.29) is 0 Å². The Morgan fingerprint density at radius 2 is 1.55 bits per heavy atom. The van der Waals surface area contributed by atoms with Gasteiger partial charge in [0.1, 0.15) is 0 Å². The van der Waals surface area contributed by atoms with E-state index < -0.39 is 0 Å². The molecule has 0 aromatic heterocycles. The van der Waals surface area contributed by atoms with E-state index in [9.17, 15) is 4.79 Å². The Hall–Kier alpha value is -0.570. The first-order valence-corrected chi connectivity index (χ1v) is 8.81. The average Bonchev–Trinajstić information content (AvgIpc) is 2.52. The van der Waals surface area contributed by atoms with Gasteiger partial charge < -0.3 is 10.6 Å². The Balaban J connectivity index is 1.79. The van der Waals surface area contributed by atoms with Crippen LogP contribution >= 0.6 is 0 Å². The summed E-state index contributed by atoms with van der Waals surface area (Å²) in [4.78, 5) is 14.7. The summed E-state index contributed by atoms with van der Waals surface area (Å²) in [5, 5.41) is 0. The third-order valence-electron chi connectivity index (χ3n) is 5.20. The number of carbonyl (C=O) groups excluding carboxylic acids is 1. The number of hydrogen-bond donors (Lipinski definition) is 1. The number of nitrogens with zero attached hydrogens (tertiary/aromatic N) is 1. The summed E-state index contributed by atoms with van der Waals surface area (Å²) in [5.74, 6) is 1.17. The largest absolute Gasteiger partial charge is 0.338 e. The Morgan fingerprint density at radius 1 is 0.950 bits per heavy atom. The fourth-order valence-corrected chi connectivity index (χ4v) is 3.99. The molecule has 2 saturated carbocycles. The summed E-state index contributed by atoms with van der Waals surface area (Å²) in [6.07, 6.45) is 14.9. The number of hydrogen-bond acceptors (Lipinski definition) is 2. The van der Waals surface area contributed by atoms with Crippen LogP contribution in [0.2, 0.25) is 0 Å². The van der Waals surface area contributed by atoms with E-state index in [4.69, 9.17) is 5.73 Å². The summed E-state index contributed by atoms with van der Waals surface area (Å²) in [6.45, 7) is 1.36. The summed E-state index contributed by atoms with van der Waals surface area (Å²) in [5.41, 5.74) is 5.72. The van der Waals surface area contributed by atoms with Gasteiger partial charge in [-0.15, -0.1) is 0 Å². The van der Waals surface area contributed by atoms with Crippen LogP contribution in [0.1, 0.15) is 77.0 Å². The highest BCUT2D eigenvalue weighted by Gasteiger charge is 2.25. The minimum Gasteiger partial charge on any atom is -0.338 e. The number of carbonyl (C=O) groups is 1. The molecule has 0 aromatic rings. The van der Waals surface area contributed by atoms with E-state index >= 15 is 0 Å². The minimum absolute atomic E-state index is 0.368. The van der Waals surface area contributed by atoms with E-state index in [1.807, 2.05) is 0 Å². The second-order valence-corrected chi connectivity index (χ2v) is 6.71. The Morgan fingerprint density at radius 3 is 2.15 bits per heavy atom. The van der Waals surface area contributed by atoms with Crippen molar-refractivity contribution in [3.63, 3.8) is 0 Å². The summed E-state index contributed by atoms with van der Waals surface area (Å²) >= 11 is 0. The van der Waals surface area contributed by atoms with Crippen molar-refractivity contribution in [1.29, 1.82) is 0 Å². The monoisotopic (exact) mass is 280 g/mol. The van der Waals surface area contributed by atoms with Crippen molar-refractivity contribution in [2.24, 2.45) is 11.7 Å². The zero-order valence-corrected chi connectivity index (χ0v) is 13.0. The second-order valence-electron chi connectivity index (χ2n) is 6.71. The molecule has 0 radical (unpaired) electrons. The third-order valence-corrected chi connectivity index (χ3v) is 5.20. The van der Waals surface area contributed by atoms with Crippen molar-refractivity contribution >= 4 is 5.91 Å². The Kier molecular flexibility index (Phi) is 6.85. The van der Waals surface area contributed by atoms with Crippen molar-refractivity contribution in [1.82, 2.24) is 4.90 Å². The van der Waals surface area contributed by atoms with Gasteiger partial charge in [0.05, 0.1) is 0 Å². The molecule has 116 valence electrons. The lowest BCUT2D eigenvalue weighted by molar-refractivity contribution is -0.134. The van der Waals surface area contributed by atoms with Crippen molar-refractivity contribution < 1.29 is 4.79 Å². The van der Waals surface area contributed by atoms with Gasteiger partial charge in [-0.3, -0.25) is 4.79 Å². The molecule has 1 amide bonds. The van der Waals surface area contributed by atoms with Crippen LogP contribution in [0.15, 0.2) is 0 Å². The van der Waals surface area contributed by atoms with Crippen molar-refractivity contribution in [3.05, 3.63) is 0 Å². The molecule has 0 atom stereocenters. The topological polar surface area (TPSA) is 46.3 Å². The minimum atomic E-state index is 0.368. The molecule has 0 heterocycles. The van der Waals surface area contributed by atoms with Crippen molar-refractivity contribution in [2.75, 3.05) is 13.1 Å². The Labute approximate surface area is 124 Å². The fraction of sp³-hybridized carbons (Fsp3) is 0.941. The van der Waals surface area contributed by atoms with Crippen LogP contribution in [-0.4, -0.2) is 29.9 Å². The lowest BCUT2D eigenvalue weighted by atomic mass is 9.86. The molecular weight excluding hydrogens is 248 g/mol. The number of nitrogens with two attached hydrogens (primary N) is 1. The molecule has 0 unspecified atom stereocenters. The molecule has 3 nitrogen and oxygen atoms in total. The van der Waals surface area contributed by atoms with E-state index in [2.05, 4.69) is 4.90 Å². The van der Waals surface area contributed by atoms with Crippen molar-refractivity contribution in [2.45, 2.75) is 83.1 Å². The SMILES string of the molecule is NCCN(C(=O)CCC1CCCCC1)C1CCCCC1. The first-order valence-electron chi connectivity index (χ1n) is 8.81. The molecule has 0 saturated heterocycles. The maximum absolute atomic E-state index is 12.5. The number of amides is 1. The highest BCUT2D eigenvalue weighted by atomic mass is 16.2. The van der Waals surface area contributed by atoms with Gasteiger partial charge in [-0.2, -0.15) is 0 Å². The van der Waals surface area contributed by atoms with Gasteiger partial charge in [-0.05, 0) is 25.2 Å². The fourth-order valence-electron chi connectivity index (χ4n) is 3.99. The molecule has 0 bridgehead atoms. The molecular formula is C17H32N2O. The maximum atomic E-state index is 12.5. The van der Waals surface area contributed by atoms with E-state index in [0.717, 1.165) is 25.3 Å². The number of rotatable bonds is 6. The van der Waals surface area contributed by atoms with E-state index in [1.54, 1.807) is 0 Å². The maximum Gasteiger partial charge on any atom is 0.222 e. The van der Waals surface area contributed by atoms with Crippen LogP contribution in [-0.2, 0) is 4.79 Å². The zero-order chi connectivity index (χ0) is 14.2. The zero-order valence-electron chi connectivity index (χ0n) is 13.0. The highest BCUT2D eigenvalue weighted by molar-refractivity contribution is 5.76. The van der Waals surface area contributed by atoms with Gasteiger partial charge in [0.25, 0.3) is 0 Å². The molecule has 2 fully saturated rings. The van der Waals surface area contributed by atoms with Crippen molar-refractivity contribution in [3.8, 4) is 0 Å². The smallest absolute Gasteiger partial charge is 0.222 e. The van der Waals surface area contributed by atoms with Crippen LogP contribution in [0, 0.1) is 5.92 Å². The highest BCUT2D eigenvalue weighted by Crippen LogP contribution is 2.28. The molecule has 2 N–H and O–H groups in total. The molecule has 2 aliphatic rings. The molecule has 0 aliphatic heterocycles. The van der Waals surface area contributed by atoms with Crippen LogP contribution in [0.5, 0.6) is 0 Å². The molecule has 2 rings (SSSR count). The quantitative estimate of drug-likeness (QED) is 0.810. The molecule has 20 heavy (non-hydrogen) atoms. The predicted molar refractivity (Wildman–Crippen MR) is 83.4 cm³/mol. The van der Waals surface area contributed by atoms with Gasteiger partial charge in [-0.1, -0.05) is 51.4 Å². The summed E-state index contributed by atoms with van der Waals surface area (Å²) in [6, 6.07) is 0.478. The first-order chi connectivity index (χ1) is 9.81. The van der Waals surface area contributed by atoms with Crippen LogP contribution in [0.4, 0.5) is 0 Å². The lowest BCUT2D eigenvalue weighted by Crippen LogP contribution is -2.44. The normalized spacial score (nSPS) is 21.9. The molecule has 0 aromatic carbocycles. The van der Waals surface area contributed by atoms with Gasteiger partial charge in [-0.25, -0.2) is 0 Å². The van der Waals surface area contributed by atoms with Gasteiger partial charge in [0.2, 0.25) is 5.91 Å². The Bertz CT molecular complexity index is 281. The summed E-state index contributed by atoms with van der Waals surface area (Å²) in [7, 11) is 0. The van der Waals surface area contributed by atoms with Gasteiger partial charge in [0.15, 0.2) is 0 Å². The van der Waals surface area contributed by atoms with Crippen LogP contribution < -0.4 is 5.73 Å². The first kappa shape index (κ1) is 15.8. The molecule has 0 spiro atoms. The molecule has 2 aliphatic carbocycles. The van der Waals surface area contributed by atoms with Gasteiger partial charge >= 0.3 is 0 Å². The average molecular weight is 280 g/mol. The third kappa shape index (κ3) is 4.76. The van der Waals surface area contributed by atoms with Crippen LogP contribution in [0.25, 0.3) is 0 Å². The van der Waals surface area contributed by atoms with E-state index in [1.165, 1.54) is 64.2 Å². The standard InChI is InChI=1S/C17H32N2O/c18-13-14-19(16-9-5-2-6-10-16)17(20)12-11-15-7-3-1-4-8-15/h15-16H,1-14,18H2. The second kappa shape index (κ2) is 8.66. The van der Waals surface area contributed by atoms with E-state index in [0.29, 0.717) is 18.5 Å². The van der Waals surface area contributed by atoms with Gasteiger partial charge in [0, 0.05) is 25.6 Å². The lowest BCUT2D eigenvalue weighted by Gasteiger charge is -2.34. The molecule has 3 heteroatoms.